The Hall–Kier alpha value is -2.19. The number of nitrogens with zero attached hydrogens (tertiary/aromatic N) is 4. The Morgan fingerprint density at radius 2 is 2.00 bits per heavy atom. The molecular formula is C28H43N5O3. The lowest BCUT2D eigenvalue weighted by atomic mass is 9.68. The van der Waals surface area contributed by atoms with Gasteiger partial charge in [0, 0.05) is 50.8 Å². The molecule has 0 aromatic carbocycles. The summed E-state index contributed by atoms with van der Waals surface area (Å²) in [5.41, 5.74) is 2.95. The van der Waals surface area contributed by atoms with Crippen LogP contribution in [0.5, 0.6) is 0 Å². The SMILES string of the molecule is Cn1c(=O)n(CC(C)(C)C)c2ccc(C3CCC(C)(C)C(NC4OC4CCN4CCCC4=O)C3)nc21. The van der Waals surface area contributed by atoms with Crippen molar-refractivity contribution in [1.82, 2.24) is 24.3 Å². The van der Waals surface area contributed by atoms with Crippen LogP contribution in [0.3, 0.4) is 0 Å². The van der Waals surface area contributed by atoms with Crippen LogP contribution in [0.15, 0.2) is 16.9 Å². The number of aryl methyl sites for hydroxylation is 1. The zero-order chi connectivity index (χ0) is 25.8. The topological polar surface area (TPSA) is 84.7 Å². The van der Waals surface area contributed by atoms with Crippen molar-refractivity contribution in [2.75, 3.05) is 13.1 Å². The van der Waals surface area contributed by atoms with Crippen molar-refractivity contribution in [1.29, 1.82) is 0 Å². The van der Waals surface area contributed by atoms with E-state index in [9.17, 15) is 9.59 Å². The first-order valence-corrected chi connectivity index (χ1v) is 13.7. The summed E-state index contributed by atoms with van der Waals surface area (Å²) in [5.74, 6) is 0.632. The summed E-state index contributed by atoms with van der Waals surface area (Å²) in [6.07, 6.45) is 6.05. The van der Waals surface area contributed by atoms with E-state index in [2.05, 4.69) is 52.1 Å². The molecule has 3 aliphatic rings. The van der Waals surface area contributed by atoms with Gasteiger partial charge in [-0.25, -0.2) is 9.78 Å². The molecule has 2 aliphatic heterocycles. The molecule has 5 rings (SSSR count). The first-order chi connectivity index (χ1) is 16.9. The Bertz CT molecular complexity index is 1190. The molecule has 4 unspecified atom stereocenters. The minimum absolute atomic E-state index is 0.00134. The summed E-state index contributed by atoms with van der Waals surface area (Å²) in [5, 5.41) is 3.79. The quantitative estimate of drug-likeness (QED) is 0.589. The lowest BCUT2D eigenvalue weighted by Crippen LogP contribution is -2.47. The molecule has 8 nitrogen and oxygen atoms in total. The van der Waals surface area contributed by atoms with Gasteiger partial charge in [0.15, 0.2) is 5.65 Å². The fraction of sp³-hybridized carbons (Fsp3) is 0.750. The summed E-state index contributed by atoms with van der Waals surface area (Å²) in [4.78, 5) is 31.8. The standard InChI is InChI=1S/C28H43N5O3/c1-27(2,3)17-33-20-10-9-19(29-24(20)31(6)26(33)35)18-11-13-28(4,5)22(16-18)30-25-21(36-25)12-15-32-14-7-8-23(32)34/h9-10,18,21-22,25,30H,7-8,11-17H2,1-6H3. The van der Waals surface area contributed by atoms with E-state index >= 15 is 0 Å². The van der Waals surface area contributed by atoms with Crippen LogP contribution >= 0.6 is 0 Å². The van der Waals surface area contributed by atoms with Crippen molar-refractivity contribution >= 4 is 17.1 Å². The molecule has 8 heteroatoms. The molecule has 1 N–H and O–H groups in total. The molecule has 2 aromatic heterocycles. The van der Waals surface area contributed by atoms with Crippen LogP contribution in [-0.4, -0.2) is 56.4 Å². The zero-order valence-electron chi connectivity index (χ0n) is 22.8. The third kappa shape index (κ3) is 5.12. The molecular weight excluding hydrogens is 454 g/mol. The number of imidazole rings is 1. The number of aromatic nitrogens is 3. The van der Waals surface area contributed by atoms with Crippen molar-refractivity contribution in [3.05, 3.63) is 28.3 Å². The van der Waals surface area contributed by atoms with Gasteiger partial charge in [-0.1, -0.05) is 34.6 Å². The van der Waals surface area contributed by atoms with Crippen molar-refractivity contribution in [3.8, 4) is 0 Å². The van der Waals surface area contributed by atoms with Crippen molar-refractivity contribution in [2.45, 2.75) is 104 Å². The van der Waals surface area contributed by atoms with Crippen LogP contribution in [-0.2, 0) is 23.1 Å². The van der Waals surface area contributed by atoms with Crippen molar-refractivity contribution in [3.63, 3.8) is 0 Å². The number of carbonyl (C=O) groups excluding carboxylic acids is 1. The second kappa shape index (κ2) is 9.28. The molecule has 0 bridgehead atoms. The number of pyridine rings is 1. The number of amides is 1. The monoisotopic (exact) mass is 497 g/mol. The van der Waals surface area contributed by atoms with Crippen LogP contribution in [0.4, 0.5) is 0 Å². The number of likely N-dealkylation sites (tertiary alicyclic amines) is 1. The summed E-state index contributed by atoms with van der Waals surface area (Å²) in [7, 11) is 1.83. The predicted octanol–water partition coefficient (Wildman–Crippen LogP) is 3.77. The molecule has 0 radical (unpaired) electrons. The molecule has 1 amide bonds. The Balaban J connectivity index is 1.26. The van der Waals surface area contributed by atoms with E-state index in [1.807, 2.05) is 16.5 Å². The normalized spacial score (nSPS) is 28.3. The number of nitrogens with one attached hydrogen (secondary N) is 1. The van der Waals surface area contributed by atoms with Crippen LogP contribution in [0.1, 0.15) is 84.8 Å². The van der Waals surface area contributed by atoms with Gasteiger partial charge < -0.3 is 9.64 Å². The van der Waals surface area contributed by atoms with Gasteiger partial charge in [-0.15, -0.1) is 0 Å². The number of fused-ring (bicyclic) bond motifs is 1. The molecule has 3 fully saturated rings. The first-order valence-electron chi connectivity index (χ1n) is 13.7. The largest absolute Gasteiger partial charge is 0.353 e. The average Bonchev–Trinajstić information content (AvgIpc) is 3.36. The maximum absolute atomic E-state index is 12.9. The van der Waals surface area contributed by atoms with E-state index in [4.69, 9.17) is 9.72 Å². The van der Waals surface area contributed by atoms with E-state index in [1.165, 1.54) is 0 Å². The highest BCUT2D eigenvalue weighted by Gasteiger charge is 2.45. The number of carbonyl (C=O) groups is 1. The van der Waals surface area contributed by atoms with E-state index < -0.39 is 0 Å². The van der Waals surface area contributed by atoms with Gasteiger partial charge >= 0.3 is 5.69 Å². The minimum atomic E-state index is 0.00134. The fourth-order valence-electron chi connectivity index (χ4n) is 6.08. The highest BCUT2D eigenvalue weighted by atomic mass is 16.6. The molecule has 1 saturated carbocycles. The van der Waals surface area contributed by atoms with Crippen LogP contribution in [0, 0.1) is 10.8 Å². The van der Waals surface area contributed by atoms with E-state index in [-0.39, 0.29) is 34.8 Å². The molecule has 4 heterocycles. The van der Waals surface area contributed by atoms with Gasteiger partial charge in [0.05, 0.1) is 5.52 Å². The molecule has 2 saturated heterocycles. The van der Waals surface area contributed by atoms with Crippen molar-refractivity contribution < 1.29 is 9.53 Å². The smallest absolute Gasteiger partial charge is 0.330 e. The number of hydrogen-bond donors (Lipinski definition) is 1. The highest BCUT2D eigenvalue weighted by Crippen LogP contribution is 2.43. The predicted molar refractivity (Wildman–Crippen MR) is 141 cm³/mol. The van der Waals surface area contributed by atoms with Crippen molar-refractivity contribution in [2.24, 2.45) is 17.9 Å². The summed E-state index contributed by atoms with van der Waals surface area (Å²) < 4.78 is 9.53. The van der Waals surface area contributed by atoms with Crippen LogP contribution in [0.2, 0.25) is 0 Å². The molecule has 1 aliphatic carbocycles. The van der Waals surface area contributed by atoms with Crippen LogP contribution in [0.25, 0.3) is 11.2 Å². The molecule has 198 valence electrons. The van der Waals surface area contributed by atoms with Gasteiger partial charge in [0.25, 0.3) is 0 Å². The molecule has 4 atom stereocenters. The summed E-state index contributed by atoms with van der Waals surface area (Å²) in [6.45, 7) is 13.5. The Labute approximate surface area is 214 Å². The van der Waals surface area contributed by atoms with Gasteiger partial charge in [-0.3, -0.25) is 19.2 Å². The third-order valence-electron chi connectivity index (χ3n) is 8.46. The number of hydrogen-bond acceptors (Lipinski definition) is 5. The molecule has 36 heavy (non-hydrogen) atoms. The van der Waals surface area contributed by atoms with Gasteiger partial charge in [0.1, 0.15) is 12.3 Å². The minimum Gasteiger partial charge on any atom is -0.353 e. The van der Waals surface area contributed by atoms with Gasteiger partial charge in [-0.05, 0) is 55.1 Å². The highest BCUT2D eigenvalue weighted by molar-refractivity contribution is 5.78. The summed E-state index contributed by atoms with van der Waals surface area (Å²) in [6, 6.07) is 4.54. The lowest BCUT2D eigenvalue weighted by molar-refractivity contribution is -0.127. The van der Waals surface area contributed by atoms with E-state index in [0.29, 0.717) is 24.9 Å². The Morgan fingerprint density at radius 1 is 1.22 bits per heavy atom. The average molecular weight is 498 g/mol. The Kier molecular flexibility index (Phi) is 6.56. The molecule has 0 spiro atoms. The summed E-state index contributed by atoms with van der Waals surface area (Å²) >= 11 is 0. The van der Waals surface area contributed by atoms with Gasteiger partial charge in [0.2, 0.25) is 5.91 Å². The number of rotatable bonds is 7. The Morgan fingerprint density at radius 3 is 2.69 bits per heavy atom. The maximum Gasteiger partial charge on any atom is 0.330 e. The second-order valence-electron chi connectivity index (χ2n) is 13.1. The first kappa shape index (κ1) is 25.5. The van der Waals surface area contributed by atoms with Gasteiger partial charge in [-0.2, -0.15) is 0 Å². The number of ether oxygens (including phenoxy) is 1. The molecule has 2 aromatic rings. The van der Waals surface area contributed by atoms with E-state index in [1.54, 1.807) is 4.57 Å². The van der Waals surface area contributed by atoms with Crippen LogP contribution < -0.4 is 11.0 Å². The fourth-order valence-corrected chi connectivity index (χ4v) is 6.08. The number of epoxide rings is 1. The zero-order valence-corrected chi connectivity index (χ0v) is 22.8. The third-order valence-corrected chi connectivity index (χ3v) is 8.46. The van der Waals surface area contributed by atoms with E-state index in [0.717, 1.165) is 62.1 Å². The lowest BCUT2D eigenvalue weighted by Gasteiger charge is -2.42. The second-order valence-corrected chi connectivity index (χ2v) is 13.1. The maximum atomic E-state index is 12.9.